The van der Waals surface area contributed by atoms with Crippen LogP contribution in [0, 0.1) is 0 Å². The van der Waals surface area contributed by atoms with E-state index in [9.17, 15) is 9.69 Å². The van der Waals surface area contributed by atoms with Gasteiger partial charge in [-0.1, -0.05) is 22.9 Å². The average molecular weight is 273 g/mol. The van der Waals surface area contributed by atoms with E-state index in [2.05, 4.69) is 4.74 Å². The Balaban J connectivity index is 3.07. The van der Waals surface area contributed by atoms with E-state index in [1.165, 1.54) is 26.0 Å². The molecular formula is C12H16NO4P. The molecule has 1 aromatic carbocycles. The molecule has 0 spiro atoms. The van der Waals surface area contributed by atoms with Crippen LogP contribution in [0.2, 0.25) is 0 Å². The minimum Gasteiger partial charge on any atom is -0.575 e. The summed E-state index contributed by atoms with van der Waals surface area (Å²) in [5, 5.41) is 0. The highest BCUT2D eigenvalue weighted by atomic mass is 31.1. The molecule has 6 heteroatoms. The van der Waals surface area contributed by atoms with Crippen molar-refractivity contribution < 1.29 is 24.4 Å². The molecular weight excluding hydrogens is 253 g/mol. The molecule has 0 aliphatic carbocycles. The molecule has 0 aliphatic heterocycles. The smallest absolute Gasteiger partial charge is 0.395 e. The van der Waals surface area contributed by atoms with Gasteiger partial charge in [-0.25, -0.2) is 4.79 Å². The number of carbonyl (C=O) groups is 1. The van der Waals surface area contributed by atoms with Gasteiger partial charge in [-0.3, -0.25) is 4.52 Å². The third-order valence-corrected chi connectivity index (χ3v) is 2.37. The average Bonchev–Trinajstić information content (AvgIpc) is 2.37. The summed E-state index contributed by atoms with van der Waals surface area (Å²) in [6, 6.07) is 4.88. The number of rotatable bonds is 5. The highest BCUT2D eigenvalue weighted by Crippen LogP contribution is 2.23. The summed E-state index contributed by atoms with van der Waals surface area (Å²) in [4.78, 5) is 23.7. The lowest BCUT2D eigenvalue weighted by atomic mass is 10.3. The van der Waals surface area contributed by atoms with Gasteiger partial charge in [0.2, 0.25) is 0 Å². The Morgan fingerprint density at radius 3 is 2.72 bits per heavy atom. The molecule has 0 fully saturated rings. The number of hydrogen-bond acceptors (Lipinski definition) is 5. The predicted molar refractivity (Wildman–Crippen MR) is 67.1 cm³/mol. The Bertz CT molecular complexity index is 550. The van der Waals surface area contributed by atoms with Crippen LogP contribution in [0.5, 0.6) is 5.75 Å². The van der Waals surface area contributed by atoms with Crippen molar-refractivity contribution in [3.63, 3.8) is 0 Å². The van der Waals surface area contributed by atoms with E-state index in [4.69, 9.17) is 14.7 Å². The fourth-order valence-corrected chi connectivity index (χ4v) is 1.57. The molecule has 0 N–H and O–H groups in total. The van der Waals surface area contributed by atoms with Gasteiger partial charge in [0, 0.05) is 4.11 Å². The fourth-order valence-electron chi connectivity index (χ4n) is 0.984. The van der Waals surface area contributed by atoms with Crippen molar-refractivity contribution in [2.45, 2.75) is 32.8 Å². The third-order valence-electron chi connectivity index (χ3n) is 1.64. The second-order valence-corrected chi connectivity index (χ2v) is 4.40. The first-order valence-corrected chi connectivity index (χ1v) is 6.33. The number of para-hydroxylation sites is 1. The van der Waals surface area contributed by atoms with E-state index in [0.717, 1.165) is 0 Å². The Morgan fingerprint density at radius 1 is 1.50 bits per heavy atom. The van der Waals surface area contributed by atoms with Crippen molar-refractivity contribution in [1.82, 2.24) is 0 Å². The van der Waals surface area contributed by atoms with Crippen LogP contribution in [0.1, 0.15) is 26.2 Å². The van der Waals surface area contributed by atoms with Crippen LogP contribution in [0.15, 0.2) is 35.1 Å². The van der Waals surface area contributed by atoms with Crippen LogP contribution in [-0.4, -0.2) is 18.1 Å². The lowest BCUT2D eigenvalue weighted by Gasteiger charge is -2.08. The summed E-state index contributed by atoms with van der Waals surface area (Å²) >= 11 is 0. The summed E-state index contributed by atoms with van der Waals surface area (Å²) in [5.41, 5.74) is 0. The second-order valence-electron chi connectivity index (χ2n) is 3.54. The molecule has 0 heterocycles. The molecule has 0 amide bonds. The first-order valence-electron chi connectivity index (χ1n) is 7.20. The number of benzene rings is 1. The predicted octanol–water partition coefficient (Wildman–Crippen LogP) is 2.26. The van der Waals surface area contributed by atoms with Crippen LogP contribution in [-0.2, 0) is 9.53 Å². The van der Waals surface area contributed by atoms with Gasteiger partial charge in [0.15, 0.2) is 11.8 Å². The molecule has 0 bridgehead atoms. The van der Waals surface area contributed by atoms with E-state index in [1.807, 2.05) is 0 Å². The maximum Gasteiger partial charge on any atom is 0.395 e. The lowest BCUT2D eigenvalue weighted by Crippen LogP contribution is -2.21. The Hall–Kier alpha value is -1.45. The topological polar surface area (TPSA) is 71.0 Å². The first-order chi connectivity index (χ1) is 10.1. The maximum absolute atomic E-state index is 11.9. The number of ether oxygens (including phenoxy) is 1. The standard InChI is InChI=1S/C12H16NO4P/c1-9(2)16-12(14)10(3)13-18(15)17-11-7-5-4-6-8-11/h4-10H,1-3H3/t10-/m0/s1/i3D3,10D. The minimum atomic E-state index is -3.15. The van der Waals surface area contributed by atoms with Crippen LogP contribution in [0.3, 0.4) is 0 Å². The normalized spacial score (nSPS) is 19.0. The first kappa shape index (κ1) is 9.48. The molecule has 18 heavy (non-hydrogen) atoms. The van der Waals surface area contributed by atoms with Gasteiger partial charge >= 0.3 is 14.1 Å². The van der Waals surface area contributed by atoms with E-state index in [1.54, 1.807) is 18.2 Å². The van der Waals surface area contributed by atoms with Crippen molar-refractivity contribution in [2.24, 2.45) is 4.74 Å². The highest BCUT2D eigenvalue weighted by Gasteiger charge is 2.19. The van der Waals surface area contributed by atoms with E-state index < -0.39 is 33.1 Å². The Morgan fingerprint density at radius 2 is 2.17 bits per heavy atom. The molecule has 0 aromatic heterocycles. The zero-order chi connectivity index (χ0) is 17.0. The Kier molecular flexibility index (Phi) is 3.73. The van der Waals surface area contributed by atoms with Gasteiger partial charge < -0.3 is 9.63 Å². The molecule has 1 aromatic rings. The summed E-state index contributed by atoms with van der Waals surface area (Å²) < 4.78 is 42.6. The van der Waals surface area contributed by atoms with Gasteiger partial charge in [-0.15, -0.1) is 0 Å². The van der Waals surface area contributed by atoms with Crippen molar-refractivity contribution in [1.29, 1.82) is 0 Å². The number of nitrogens with zero attached hydrogens (tertiary/aromatic N) is 1. The SMILES string of the molecule is [2H]C([2H])([2H])[C@]([2H])(N=[P+]([O-])Oc1ccccc1)C(=O)OC(C)C. The molecule has 98 valence electrons. The zero-order valence-corrected chi connectivity index (χ0v) is 10.9. The highest BCUT2D eigenvalue weighted by molar-refractivity contribution is 7.34. The quantitative estimate of drug-likeness (QED) is 0.609. The maximum atomic E-state index is 11.9. The summed E-state index contributed by atoms with van der Waals surface area (Å²) in [7, 11) is -2.94. The number of esters is 1. The van der Waals surface area contributed by atoms with Gasteiger partial charge in [-0.2, -0.15) is 0 Å². The second kappa shape index (κ2) is 7.09. The van der Waals surface area contributed by atoms with E-state index in [0.29, 0.717) is 0 Å². The molecule has 0 radical (unpaired) electrons. The molecule has 1 unspecified atom stereocenters. The molecule has 0 saturated heterocycles. The molecule has 0 aliphatic rings. The third kappa shape index (κ3) is 5.25. The summed E-state index contributed by atoms with van der Waals surface area (Å²) in [5.74, 6) is -1.22. The largest absolute Gasteiger partial charge is 0.575 e. The molecule has 0 saturated carbocycles. The van der Waals surface area contributed by atoms with Crippen molar-refractivity contribution >= 4 is 14.1 Å². The van der Waals surface area contributed by atoms with Gasteiger partial charge in [0.05, 0.1) is 7.47 Å². The van der Waals surface area contributed by atoms with Crippen molar-refractivity contribution in [3.8, 4) is 5.75 Å². The number of hydrogen-bond donors (Lipinski definition) is 0. The van der Waals surface area contributed by atoms with Crippen LogP contribution < -0.4 is 9.42 Å². The van der Waals surface area contributed by atoms with Crippen LogP contribution in [0.4, 0.5) is 0 Å². The lowest BCUT2D eigenvalue weighted by molar-refractivity contribution is -0.170. The Labute approximate surface area is 113 Å². The summed E-state index contributed by atoms with van der Waals surface area (Å²) in [6.07, 6.45) is -0.636. The number of carbonyl (C=O) groups excluding carboxylic acids is 1. The van der Waals surface area contributed by atoms with Crippen LogP contribution >= 0.6 is 8.17 Å². The van der Waals surface area contributed by atoms with Gasteiger partial charge in [0.25, 0.3) is 0 Å². The molecule has 2 atom stereocenters. The van der Waals surface area contributed by atoms with Gasteiger partial charge in [-0.05, 0) is 32.8 Å². The van der Waals surface area contributed by atoms with E-state index in [-0.39, 0.29) is 5.75 Å². The van der Waals surface area contributed by atoms with Crippen molar-refractivity contribution in [2.75, 3.05) is 0 Å². The molecule has 5 nitrogen and oxygen atoms in total. The van der Waals surface area contributed by atoms with E-state index >= 15 is 0 Å². The monoisotopic (exact) mass is 273 g/mol. The minimum absolute atomic E-state index is 0.178. The van der Waals surface area contributed by atoms with Crippen molar-refractivity contribution in [3.05, 3.63) is 30.3 Å². The van der Waals surface area contributed by atoms with Crippen LogP contribution in [0.25, 0.3) is 0 Å². The summed E-state index contributed by atoms with van der Waals surface area (Å²) in [6.45, 7) is -0.152. The zero-order valence-electron chi connectivity index (χ0n) is 14.0. The molecule has 1 rings (SSSR count). The van der Waals surface area contributed by atoms with Gasteiger partial charge in [0.1, 0.15) is 0 Å². The fraction of sp³-hybridized carbons (Fsp3) is 0.417.